The Kier molecular flexibility index (Phi) is 5.26. The van der Waals surface area contributed by atoms with Crippen LogP contribution in [0.25, 0.3) is 11.4 Å². The highest BCUT2D eigenvalue weighted by atomic mass is 16.4. The largest absolute Gasteiger partial charge is 0.481 e. The second-order valence-electron chi connectivity index (χ2n) is 5.09. The summed E-state index contributed by atoms with van der Waals surface area (Å²) in [5.41, 5.74) is 2.11. The fourth-order valence-electron chi connectivity index (χ4n) is 2.37. The molecule has 0 radical (unpaired) electrons. The van der Waals surface area contributed by atoms with E-state index in [1.807, 2.05) is 11.6 Å². The van der Waals surface area contributed by atoms with Gasteiger partial charge in [0.1, 0.15) is 5.82 Å². The van der Waals surface area contributed by atoms with E-state index in [2.05, 4.69) is 38.3 Å². The molecule has 0 saturated carbocycles. The number of rotatable bonds is 2. The maximum absolute atomic E-state index is 9.00. The number of hydrogen-bond donors (Lipinski definition) is 2. The lowest BCUT2D eigenvalue weighted by Gasteiger charge is -2.05. The summed E-state index contributed by atoms with van der Waals surface area (Å²) in [5, 5.41) is 23.9. The zero-order valence-electron chi connectivity index (χ0n) is 13.2. The number of aromatic nitrogens is 5. The van der Waals surface area contributed by atoms with Crippen LogP contribution in [0.3, 0.4) is 0 Å². The van der Waals surface area contributed by atoms with Gasteiger partial charge in [-0.25, -0.2) is 0 Å². The van der Waals surface area contributed by atoms with E-state index in [0.29, 0.717) is 0 Å². The molecule has 0 atom stereocenters. The van der Waals surface area contributed by atoms with Crippen LogP contribution in [0.15, 0.2) is 6.20 Å². The first kappa shape index (κ1) is 16.2. The molecule has 0 aliphatic carbocycles. The smallest absolute Gasteiger partial charge is 0.300 e. The fourth-order valence-corrected chi connectivity index (χ4v) is 2.37. The number of carboxylic acid groups (broad SMARTS) is 1. The highest BCUT2D eigenvalue weighted by molar-refractivity contribution is 5.63. The summed E-state index contributed by atoms with van der Waals surface area (Å²) >= 11 is 0. The van der Waals surface area contributed by atoms with E-state index in [0.717, 1.165) is 62.4 Å². The zero-order chi connectivity index (χ0) is 16.1. The van der Waals surface area contributed by atoms with Gasteiger partial charge >= 0.3 is 0 Å². The molecule has 8 heteroatoms. The number of aryl methyl sites for hydroxylation is 2. The molecule has 1 aliphatic heterocycles. The van der Waals surface area contributed by atoms with Crippen LogP contribution in [-0.4, -0.2) is 48.7 Å². The first-order valence-corrected chi connectivity index (χ1v) is 7.39. The van der Waals surface area contributed by atoms with Gasteiger partial charge in [-0.1, -0.05) is 0 Å². The van der Waals surface area contributed by atoms with Crippen molar-refractivity contribution in [2.75, 3.05) is 13.1 Å². The lowest BCUT2D eigenvalue weighted by atomic mass is 10.2. The van der Waals surface area contributed by atoms with Crippen molar-refractivity contribution in [1.82, 2.24) is 29.9 Å². The highest BCUT2D eigenvalue weighted by Crippen LogP contribution is 2.22. The lowest BCUT2D eigenvalue weighted by molar-refractivity contribution is -0.134. The quantitative estimate of drug-likeness (QED) is 0.848. The van der Waals surface area contributed by atoms with Crippen molar-refractivity contribution in [3.05, 3.63) is 17.7 Å². The molecule has 0 bridgehead atoms. The molecule has 0 spiro atoms. The number of carboxylic acids is 1. The van der Waals surface area contributed by atoms with Crippen LogP contribution in [0.5, 0.6) is 0 Å². The van der Waals surface area contributed by atoms with Crippen molar-refractivity contribution < 1.29 is 9.90 Å². The molecule has 3 rings (SSSR count). The summed E-state index contributed by atoms with van der Waals surface area (Å²) in [5.74, 6) is 1.18. The molecule has 2 aromatic rings. The van der Waals surface area contributed by atoms with Crippen molar-refractivity contribution >= 4 is 5.97 Å². The Hall–Kier alpha value is -2.22. The Morgan fingerprint density at radius 1 is 1.41 bits per heavy atom. The summed E-state index contributed by atoms with van der Waals surface area (Å²) in [6.45, 7) is 8.95. The van der Waals surface area contributed by atoms with Crippen LogP contribution in [0.2, 0.25) is 0 Å². The Morgan fingerprint density at radius 2 is 2.14 bits per heavy atom. The number of aliphatic carboxylic acids is 1. The molecule has 0 saturated heterocycles. The predicted molar refractivity (Wildman–Crippen MR) is 81.5 cm³/mol. The average Bonchev–Trinajstić information content (AvgIpc) is 2.93. The molecule has 0 aromatic carbocycles. The zero-order valence-corrected chi connectivity index (χ0v) is 13.2. The van der Waals surface area contributed by atoms with E-state index < -0.39 is 5.97 Å². The second-order valence-corrected chi connectivity index (χ2v) is 5.09. The van der Waals surface area contributed by atoms with Gasteiger partial charge in [0.2, 0.25) is 0 Å². The number of fused-ring (bicyclic) bond motifs is 1. The number of carbonyl (C=O) groups is 1. The summed E-state index contributed by atoms with van der Waals surface area (Å²) in [6.07, 6.45) is 3.00. The van der Waals surface area contributed by atoms with Gasteiger partial charge in [-0.05, 0) is 13.8 Å². The van der Waals surface area contributed by atoms with Crippen LogP contribution >= 0.6 is 0 Å². The number of nitrogens with zero attached hydrogens (tertiary/aromatic N) is 5. The summed E-state index contributed by atoms with van der Waals surface area (Å²) in [7, 11) is 0. The third-order valence-corrected chi connectivity index (χ3v) is 3.38. The van der Waals surface area contributed by atoms with Gasteiger partial charge in [0.25, 0.3) is 5.97 Å². The highest BCUT2D eigenvalue weighted by Gasteiger charge is 2.18. The molecule has 1 aliphatic rings. The van der Waals surface area contributed by atoms with E-state index in [1.54, 1.807) is 0 Å². The Bertz CT molecular complexity index is 642. The monoisotopic (exact) mass is 306 g/mol. The maximum atomic E-state index is 9.00. The molecule has 2 aromatic heterocycles. The predicted octanol–water partition coefficient (Wildman–Crippen LogP) is 0.707. The minimum atomic E-state index is -0.833. The molecular weight excluding hydrogens is 284 g/mol. The summed E-state index contributed by atoms with van der Waals surface area (Å²) in [6, 6.07) is 0. The molecular formula is C14H22N6O2. The van der Waals surface area contributed by atoms with Gasteiger partial charge < -0.3 is 15.0 Å². The third kappa shape index (κ3) is 3.70. The fraction of sp³-hybridized carbons (Fsp3) is 0.571. The minimum absolute atomic E-state index is 0.833. The Balaban J connectivity index is 0.000000396. The van der Waals surface area contributed by atoms with Crippen LogP contribution in [0.1, 0.15) is 25.4 Å². The van der Waals surface area contributed by atoms with Crippen LogP contribution in [0, 0.1) is 6.92 Å². The molecule has 0 fully saturated rings. The van der Waals surface area contributed by atoms with Gasteiger partial charge in [-0.3, -0.25) is 9.48 Å². The van der Waals surface area contributed by atoms with Crippen LogP contribution in [-0.2, 0) is 24.3 Å². The van der Waals surface area contributed by atoms with Crippen molar-refractivity contribution in [3.63, 3.8) is 0 Å². The maximum Gasteiger partial charge on any atom is 0.300 e. The van der Waals surface area contributed by atoms with Crippen LogP contribution in [0.4, 0.5) is 0 Å². The van der Waals surface area contributed by atoms with Crippen molar-refractivity contribution in [3.8, 4) is 11.4 Å². The molecule has 0 amide bonds. The van der Waals surface area contributed by atoms with Crippen molar-refractivity contribution in [2.24, 2.45) is 0 Å². The standard InChI is InChI=1S/C12H18N6.C2H4O2/c1-3-17-8-10(9(2)16-17)12-15-14-11-4-5-13-6-7-18(11)12;1-2(3)4/h8,13H,3-7H2,1-2H3;1H3,(H,3,4). The van der Waals surface area contributed by atoms with Crippen LogP contribution < -0.4 is 5.32 Å². The number of nitrogens with one attached hydrogen (secondary N) is 1. The van der Waals surface area contributed by atoms with E-state index in [1.165, 1.54) is 0 Å². The Morgan fingerprint density at radius 3 is 2.77 bits per heavy atom. The van der Waals surface area contributed by atoms with Gasteiger partial charge in [0, 0.05) is 45.7 Å². The molecule has 3 heterocycles. The lowest BCUT2D eigenvalue weighted by Crippen LogP contribution is -2.17. The second kappa shape index (κ2) is 7.17. The van der Waals surface area contributed by atoms with E-state index in [-0.39, 0.29) is 0 Å². The van der Waals surface area contributed by atoms with E-state index in [4.69, 9.17) is 9.90 Å². The molecule has 0 unspecified atom stereocenters. The molecule has 2 N–H and O–H groups in total. The van der Waals surface area contributed by atoms with Crippen molar-refractivity contribution in [1.29, 1.82) is 0 Å². The number of hydrogen-bond acceptors (Lipinski definition) is 5. The summed E-state index contributed by atoms with van der Waals surface area (Å²) < 4.78 is 4.16. The minimum Gasteiger partial charge on any atom is -0.481 e. The topological polar surface area (TPSA) is 97.9 Å². The van der Waals surface area contributed by atoms with Crippen molar-refractivity contribution in [2.45, 2.75) is 40.3 Å². The van der Waals surface area contributed by atoms with Gasteiger partial charge in [-0.2, -0.15) is 5.10 Å². The molecule has 22 heavy (non-hydrogen) atoms. The first-order chi connectivity index (χ1) is 10.5. The molecule has 120 valence electrons. The third-order valence-electron chi connectivity index (χ3n) is 3.38. The normalized spacial score (nSPS) is 13.8. The Labute approximate surface area is 129 Å². The van der Waals surface area contributed by atoms with Gasteiger partial charge in [-0.15, -0.1) is 10.2 Å². The SMILES string of the molecule is CC(=O)O.CCn1cc(-c2nnc3n2CCNCC3)c(C)n1. The molecule has 8 nitrogen and oxygen atoms in total. The van der Waals surface area contributed by atoms with E-state index in [9.17, 15) is 0 Å². The van der Waals surface area contributed by atoms with Gasteiger partial charge in [0.15, 0.2) is 5.82 Å². The summed E-state index contributed by atoms with van der Waals surface area (Å²) in [4.78, 5) is 9.00. The first-order valence-electron chi connectivity index (χ1n) is 7.39. The van der Waals surface area contributed by atoms with Gasteiger partial charge in [0.05, 0.1) is 11.3 Å². The average molecular weight is 306 g/mol. The van der Waals surface area contributed by atoms with E-state index >= 15 is 0 Å².